The van der Waals surface area contributed by atoms with E-state index in [2.05, 4.69) is 10.0 Å². The monoisotopic (exact) mass is 223 g/mol. The summed E-state index contributed by atoms with van der Waals surface area (Å²) in [5.41, 5.74) is 0. The molecule has 0 aromatic rings. The third kappa shape index (κ3) is 5.51. The highest BCUT2D eigenvalue weighted by Gasteiger charge is 2.12. The van der Waals surface area contributed by atoms with E-state index in [0.717, 1.165) is 25.9 Å². The summed E-state index contributed by atoms with van der Waals surface area (Å²) >= 11 is 0. The minimum absolute atomic E-state index is 0.239. The van der Waals surface area contributed by atoms with Crippen LogP contribution in [0.1, 0.15) is 12.8 Å². The number of nitrogens with one attached hydrogen (secondary N) is 2. The van der Waals surface area contributed by atoms with Gasteiger partial charge in [0.15, 0.2) is 0 Å². The first-order chi connectivity index (χ1) is 6.58. The molecule has 0 aromatic heterocycles. The smallest absolute Gasteiger partial charge is 0.274 e. The van der Waals surface area contributed by atoms with Crippen LogP contribution in [0, 0.1) is 0 Å². The summed E-state index contributed by atoms with van der Waals surface area (Å²) in [7, 11) is -3.57. The van der Waals surface area contributed by atoms with Crippen molar-refractivity contribution in [2.45, 2.75) is 18.9 Å². The van der Waals surface area contributed by atoms with E-state index >= 15 is 0 Å². The molecule has 1 saturated heterocycles. The Balaban J connectivity index is 2.03. The predicted octanol–water partition coefficient (Wildman–Crippen LogP) is -1.45. The number of piperidine rings is 1. The highest BCUT2D eigenvalue weighted by molar-refractivity contribution is 7.87. The molecule has 7 heteroatoms. The molecule has 0 spiro atoms. The number of hydrogen-bond acceptors (Lipinski definition) is 4. The van der Waals surface area contributed by atoms with E-state index in [1.807, 2.05) is 0 Å². The van der Waals surface area contributed by atoms with Gasteiger partial charge in [0, 0.05) is 6.54 Å². The third-order valence-electron chi connectivity index (χ3n) is 2.05. The summed E-state index contributed by atoms with van der Waals surface area (Å²) in [6.07, 6.45) is 2.21. The maximum absolute atomic E-state index is 10.5. The molecule has 0 atom stereocenters. The average Bonchev–Trinajstić information content (AvgIpc) is 2.13. The van der Waals surface area contributed by atoms with Crippen LogP contribution >= 0.6 is 0 Å². The summed E-state index contributed by atoms with van der Waals surface area (Å²) in [5, 5.41) is 7.97. The Bertz CT molecular complexity index is 249. The van der Waals surface area contributed by atoms with Crippen molar-refractivity contribution in [2.75, 3.05) is 26.2 Å². The van der Waals surface area contributed by atoms with Crippen LogP contribution in [0.5, 0.6) is 0 Å². The summed E-state index contributed by atoms with van der Waals surface area (Å²) in [4.78, 5) is 0. The number of ether oxygens (including phenoxy) is 1. The summed E-state index contributed by atoms with van der Waals surface area (Å²) in [6.45, 7) is 2.55. The molecule has 6 nitrogen and oxygen atoms in total. The normalized spacial score (nSPS) is 19.8. The van der Waals surface area contributed by atoms with Gasteiger partial charge in [-0.3, -0.25) is 0 Å². The topological polar surface area (TPSA) is 93.5 Å². The van der Waals surface area contributed by atoms with Gasteiger partial charge in [-0.1, -0.05) is 0 Å². The molecule has 1 rings (SSSR count). The zero-order valence-electron chi connectivity index (χ0n) is 8.03. The van der Waals surface area contributed by atoms with E-state index in [-0.39, 0.29) is 12.6 Å². The van der Waals surface area contributed by atoms with Crippen LogP contribution in [-0.2, 0) is 14.9 Å². The van der Waals surface area contributed by atoms with Crippen molar-refractivity contribution in [2.24, 2.45) is 5.14 Å². The molecular formula is C7H17N3O3S. The standard InChI is InChI=1S/C7H17N3O3S/c8-14(11,12)10-5-6-13-7-1-3-9-4-2-7/h7,9-10H,1-6H2,(H2,8,11,12). The first-order valence-electron chi connectivity index (χ1n) is 4.67. The quantitative estimate of drug-likeness (QED) is 0.497. The van der Waals surface area contributed by atoms with E-state index in [1.165, 1.54) is 0 Å². The lowest BCUT2D eigenvalue weighted by Crippen LogP contribution is -2.36. The van der Waals surface area contributed by atoms with Crippen LogP contribution in [0.2, 0.25) is 0 Å². The van der Waals surface area contributed by atoms with Crippen molar-refractivity contribution >= 4 is 10.2 Å². The van der Waals surface area contributed by atoms with Crippen molar-refractivity contribution < 1.29 is 13.2 Å². The molecule has 0 amide bonds. The highest BCUT2D eigenvalue weighted by atomic mass is 32.2. The molecule has 0 radical (unpaired) electrons. The van der Waals surface area contributed by atoms with Crippen molar-refractivity contribution in [1.82, 2.24) is 10.0 Å². The second kappa shape index (κ2) is 5.62. The van der Waals surface area contributed by atoms with E-state index in [4.69, 9.17) is 9.88 Å². The minimum atomic E-state index is -3.57. The van der Waals surface area contributed by atoms with Crippen LogP contribution < -0.4 is 15.2 Å². The predicted molar refractivity (Wildman–Crippen MR) is 53.0 cm³/mol. The molecule has 1 aliphatic rings. The number of nitrogens with two attached hydrogens (primary N) is 1. The summed E-state index contributed by atoms with van der Waals surface area (Å²) < 4.78 is 28.6. The Morgan fingerprint density at radius 3 is 2.64 bits per heavy atom. The molecule has 1 fully saturated rings. The third-order valence-corrected chi connectivity index (χ3v) is 2.65. The van der Waals surface area contributed by atoms with E-state index in [9.17, 15) is 8.42 Å². The molecule has 14 heavy (non-hydrogen) atoms. The van der Waals surface area contributed by atoms with Gasteiger partial charge in [0.05, 0.1) is 12.7 Å². The van der Waals surface area contributed by atoms with Gasteiger partial charge in [-0.15, -0.1) is 0 Å². The Labute approximate surface area is 84.4 Å². The number of hydrogen-bond donors (Lipinski definition) is 3. The van der Waals surface area contributed by atoms with Crippen LogP contribution in [0.4, 0.5) is 0 Å². The molecule has 0 bridgehead atoms. The SMILES string of the molecule is NS(=O)(=O)NCCOC1CCNCC1. The zero-order chi connectivity index (χ0) is 10.4. The van der Waals surface area contributed by atoms with Gasteiger partial charge < -0.3 is 10.1 Å². The molecule has 0 aliphatic carbocycles. The number of rotatable bonds is 5. The van der Waals surface area contributed by atoms with Crippen molar-refractivity contribution in [3.8, 4) is 0 Å². The molecular weight excluding hydrogens is 206 g/mol. The van der Waals surface area contributed by atoms with Crippen LogP contribution in [0.25, 0.3) is 0 Å². The summed E-state index contributed by atoms with van der Waals surface area (Å²) in [5.74, 6) is 0. The zero-order valence-corrected chi connectivity index (χ0v) is 8.85. The fourth-order valence-corrected chi connectivity index (χ4v) is 1.74. The first-order valence-corrected chi connectivity index (χ1v) is 6.22. The maximum Gasteiger partial charge on any atom is 0.274 e. The Morgan fingerprint density at radius 1 is 1.43 bits per heavy atom. The van der Waals surface area contributed by atoms with Crippen molar-refractivity contribution in [1.29, 1.82) is 0 Å². The first kappa shape index (κ1) is 11.9. The molecule has 4 N–H and O–H groups in total. The highest BCUT2D eigenvalue weighted by Crippen LogP contribution is 2.06. The Morgan fingerprint density at radius 2 is 2.07 bits per heavy atom. The minimum Gasteiger partial charge on any atom is -0.377 e. The van der Waals surface area contributed by atoms with Crippen LogP contribution in [0.3, 0.4) is 0 Å². The molecule has 1 heterocycles. The lowest BCUT2D eigenvalue weighted by Gasteiger charge is -2.22. The fraction of sp³-hybridized carbons (Fsp3) is 1.00. The molecule has 0 aromatic carbocycles. The Kier molecular flexibility index (Phi) is 4.76. The second-order valence-electron chi connectivity index (χ2n) is 3.26. The largest absolute Gasteiger partial charge is 0.377 e. The van der Waals surface area contributed by atoms with Gasteiger partial charge in [-0.2, -0.15) is 8.42 Å². The van der Waals surface area contributed by atoms with Crippen LogP contribution in [-0.4, -0.2) is 40.8 Å². The van der Waals surface area contributed by atoms with E-state index in [1.54, 1.807) is 0 Å². The lowest BCUT2D eigenvalue weighted by atomic mass is 10.1. The molecule has 1 aliphatic heterocycles. The molecule has 0 unspecified atom stereocenters. The fourth-order valence-electron chi connectivity index (χ4n) is 1.37. The van der Waals surface area contributed by atoms with Gasteiger partial charge in [0.25, 0.3) is 10.2 Å². The van der Waals surface area contributed by atoms with Gasteiger partial charge in [0.1, 0.15) is 0 Å². The van der Waals surface area contributed by atoms with Crippen molar-refractivity contribution in [3.63, 3.8) is 0 Å². The average molecular weight is 223 g/mol. The van der Waals surface area contributed by atoms with Crippen molar-refractivity contribution in [3.05, 3.63) is 0 Å². The second-order valence-corrected chi connectivity index (χ2v) is 4.64. The molecule has 0 saturated carbocycles. The van der Waals surface area contributed by atoms with Gasteiger partial charge in [-0.05, 0) is 25.9 Å². The molecule has 84 valence electrons. The van der Waals surface area contributed by atoms with Gasteiger partial charge >= 0.3 is 0 Å². The van der Waals surface area contributed by atoms with Crippen LogP contribution in [0.15, 0.2) is 0 Å². The van der Waals surface area contributed by atoms with Gasteiger partial charge in [0.2, 0.25) is 0 Å². The maximum atomic E-state index is 10.5. The lowest BCUT2D eigenvalue weighted by molar-refractivity contribution is 0.0367. The van der Waals surface area contributed by atoms with E-state index in [0.29, 0.717) is 6.61 Å². The Hall–Kier alpha value is -0.210. The summed E-state index contributed by atoms with van der Waals surface area (Å²) in [6, 6.07) is 0. The van der Waals surface area contributed by atoms with Gasteiger partial charge in [-0.25, -0.2) is 9.86 Å². The van der Waals surface area contributed by atoms with E-state index < -0.39 is 10.2 Å².